The molecule has 0 aliphatic rings. The van der Waals surface area contributed by atoms with E-state index in [4.69, 9.17) is 0 Å². The monoisotopic (exact) mass is 444 g/mol. The number of nitrogens with one attached hydrogen (secondary N) is 1. The fourth-order valence-corrected chi connectivity index (χ4v) is 3.64. The fourth-order valence-electron chi connectivity index (χ4n) is 3.64. The van der Waals surface area contributed by atoms with Gasteiger partial charge in [0.2, 0.25) is 0 Å². The third kappa shape index (κ3) is 4.98. The third-order valence-corrected chi connectivity index (χ3v) is 5.43. The lowest BCUT2D eigenvalue weighted by Gasteiger charge is -2.06. The van der Waals surface area contributed by atoms with Crippen molar-refractivity contribution in [3.63, 3.8) is 0 Å². The van der Waals surface area contributed by atoms with E-state index in [1.807, 2.05) is 19.1 Å². The van der Waals surface area contributed by atoms with Gasteiger partial charge in [-0.25, -0.2) is 0 Å². The number of carbonyl (C=O) groups excluding carboxylic acids is 1. The van der Waals surface area contributed by atoms with Crippen LogP contribution in [0.1, 0.15) is 38.4 Å². The van der Waals surface area contributed by atoms with Gasteiger partial charge in [0.05, 0.1) is 29.9 Å². The number of nitrogens with zero attached hydrogens (tertiary/aromatic N) is 5. The van der Waals surface area contributed by atoms with Gasteiger partial charge in [-0.3, -0.25) is 24.3 Å². The molecule has 9 heteroatoms. The van der Waals surface area contributed by atoms with Gasteiger partial charge >= 0.3 is 5.69 Å². The van der Waals surface area contributed by atoms with Crippen molar-refractivity contribution in [1.82, 2.24) is 19.6 Å². The number of aryl methyl sites for hydroxylation is 2. The van der Waals surface area contributed by atoms with Gasteiger partial charge in [-0.1, -0.05) is 42.0 Å². The summed E-state index contributed by atoms with van der Waals surface area (Å²) in [5, 5.41) is 22.6. The first-order valence-electron chi connectivity index (χ1n) is 10.5. The molecule has 0 fully saturated rings. The van der Waals surface area contributed by atoms with Crippen LogP contribution in [0, 0.1) is 30.9 Å². The van der Waals surface area contributed by atoms with Gasteiger partial charge in [-0.15, -0.1) is 0 Å². The van der Waals surface area contributed by atoms with Crippen molar-refractivity contribution in [3.05, 3.63) is 105 Å². The number of anilines is 1. The zero-order valence-electron chi connectivity index (χ0n) is 18.6. The van der Waals surface area contributed by atoms with E-state index < -0.39 is 4.92 Å². The molecule has 0 bridgehead atoms. The molecule has 168 valence electrons. The number of rotatable bonds is 7. The summed E-state index contributed by atoms with van der Waals surface area (Å²) in [4.78, 5) is 23.4. The lowest BCUT2D eigenvalue weighted by atomic mass is 10.1. The topological polar surface area (TPSA) is 108 Å². The van der Waals surface area contributed by atoms with Gasteiger partial charge in [-0.2, -0.15) is 10.2 Å². The number of aromatic nitrogens is 4. The molecule has 0 spiro atoms. The minimum Gasteiger partial charge on any atom is -0.319 e. The van der Waals surface area contributed by atoms with E-state index in [9.17, 15) is 14.9 Å². The molecular weight excluding hydrogens is 420 g/mol. The van der Waals surface area contributed by atoms with Crippen molar-refractivity contribution in [1.29, 1.82) is 0 Å². The van der Waals surface area contributed by atoms with Crippen LogP contribution >= 0.6 is 0 Å². The Bertz CT molecular complexity index is 1300. The highest BCUT2D eigenvalue weighted by Crippen LogP contribution is 2.22. The normalized spacial score (nSPS) is 10.9. The number of nitro groups is 1. The molecule has 0 atom stereocenters. The maximum atomic E-state index is 12.6. The largest absolute Gasteiger partial charge is 0.319 e. The number of hydrogen-bond acceptors (Lipinski definition) is 5. The van der Waals surface area contributed by atoms with E-state index >= 15 is 0 Å². The first kappa shape index (κ1) is 21.9. The van der Waals surface area contributed by atoms with Crippen LogP contribution in [-0.2, 0) is 13.1 Å². The second-order valence-electron chi connectivity index (χ2n) is 8.00. The quantitative estimate of drug-likeness (QED) is 0.338. The predicted octanol–water partition coefficient (Wildman–Crippen LogP) is 4.26. The van der Waals surface area contributed by atoms with Crippen molar-refractivity contribution in [2.45, 2.75) is 33.9 Å². The molecule has 0 radical (unpaired) electrons. The van der Waals surface area contributed by atoms with Gasteiger partial charge in [0.15, 0.2) is 0 Å². The number of hydrogen-bond donors (Lipinski definition) is 1. The highest BCUT2D eigenvalue weighted by Gasteiger charge is 2.21. The fraction of sp³-hybridized carbons (Fsp3) is 0.208. The molecule has 2 aromatic heterocycles. The van der Waals surface area contributed by atoms with E-state index in [-0.39, 0.29) is 11.6 Å². The molecule has 9 nitrogen and oxygen atoms in total. The minimum atomic E-state index is -0.412. The van der Waals surface area contributed by atoms with Crippen LogP contribution in [0.5, 0.6) is 0 Å². The molecule has 33 heavy (non-hydrogen) atoms. The van der Waals surface area contributed by atoms with Gasteiger partial charge in [0.25, 0.3) is 5.91 Å². The van der Waals surface area contributed by atoms with Gasteiger partial charge < -0.3 is 5.32 Å². The Hall–Kier alpha value is -4.27. The summed E-state index contributed by atoms with van der Waals surface area (Å²) < 4.78 is 3.38. The maximum Gasteiger partial charge on any atom is 0.312 e. The van der Waals surface area contributed by atoms with Gasteiger partial charge in [-0.05, 0) is 44.0 Å². The van der Waals surface area contributed by atoms with Crippen molar-refractivity contribution in [3.8, 4) is 0 Å². The summed E-state index contributed by atoms with van der Waals surface area (Å²) in [6.45, 7) is 6.35. The van der Waals surface area contributed by atoms with Gasteiger partial charge in [0, 0.05) is 11.8 Å². The van der Waals surface area contributed by atoms with Crippen molar-refractivity contribution >= 4 is 17.3 Å². The van der Waals surface area contributed by atoms with Crippen LogP contribution in [0.4, 0.5) is 11.4 Å². The number of benzene rings is 2. The smallest absolute Gasteiger partial charge is 0.312 e. The highest BCUT2D eigenvalue weighted by molar-refractivity contribution is 6.04. The van der Waals surface area contributed by atoms with Crippen molar-refractivity contribution in [2.75, 3.05) is 5.32 Å². The van der Waals surface area contributed by atoms with Crippen LogP contribution in [0.3, 0.4) is 0 Å². The average molecular weight is 444 g/mol. The standard InChI is InChI=1S/C24H24N6O3/c1-16-4-6-19(7-5-16)13-28-15-22(12-25-28)26-24(31)21-10-8-20(9-11-21)14-29-18(3)23(30(32)33)17(2)27-29/h4-12,15H,13-14H2,1-3H3,(H,26,31). The summed E-state index contributed by atoms with van der Waals surface area (Å²) in [6, 6.07) is 15.3. The molecule has 1 N–H and O–H groups in total. The predicted molar refractivity (Wildman–Crippen MR) is 124 cm³/mol. The summed E-state index contributed by atoms with van der Waals surface area (Å²) in [5.74, 6) is -0.238. The molecule has 0 unspecified atom stereocenters. The highest BCUT2D eigenvalue weighted by atomic mass is 16.6. The average Bonchev–Trinajstić information content (AvgIpc) is 3.33. The van der Waals surface area contributed by atoms with Crippen molar-refractivity contribution < 1.29 is 9.72 Å². The van der Waals surface area contributed by atoms with E-state index in [0.717, 1.165) is 11.1 Å². The van der Waals surface area contributed by atoms with Crippen LogP contribution in [-0.4, -0.2) is 30.4 Å². The summed E-state index contributed by atoms with van der Waals surface area (Å²) in [7, 11) is 0. The molecule has 0 aliphatic carbocycles. The molecule has 0 saturated heterocycles. The molecule has 0 saturated carbocycles. The zero-order valence-corrected chi connectivity index (χ0v) is 18.6. The zero-order chi connectivity index (χ0) is 23.5. The molecule has 2 aromatic carbocycles. The first-order valence-corrected chi connectivity index (χ1v) is 10.5. The molecule has 1 amide bonds. The molecular formula is C24H24N6O3. The van der Waals surface area contributed by atoms with Crippen LogP contribution in [0.2, 0.25) is 0 Å². The lowest BCUT2D eigenvalue weighted by molar-refractivity contribution is -0.386. The Morgan fingerprint density at radius 2 is 1.64 bits per heavy atom. The number of amides is 1. The van der Waals surface area contributed by atoms with Crippen LogP contribution in [0.15, 0.2) is 60.9 Å². The third-order valence-electron chi connectivity index (χ3n) is 5.43. The van der Waals surface area contributed by atoms with Crippen LogP contribution in [0.25, 0.3) is 0 Å². The Balaban J connectivity index is 1.39. The molecule has 4 rings (SSSR count). The molecule has 4 aromatic rings. The Morgan fingerprint density at radius 3 is 2.27 bits per heavy atom. The van der Waals surface area contributed by atoms with Crippen molar-refractivity contribution in [2.24, 2.45) is 0 Å². The number of carbonyl (C=O) groups is 1. The minimum absolute atomic E-state index is 0.0360. The van der Waals surface area contributed by atoms with E-state index in [0.29, 0.717) is 35.7 Å². The SMILES string of the molecule is Cc1ccc(Cn2cc(NC(=O)c3ccc(Cn4nc(C)c([N+](=O)[O-])c4C)cc3)cn2)cc1. The Morgan fingerprint density at radius 1 is 1.00 bits per heavy atom. The second kappa shape index (κ2) is 9.07. The molecule has 2 heterocycles. The van der Waals surface area contributed by atoms with E-state index in [1.54, 1.807) is 47.7 Å². The lowest BCUT2D eigenvalue weighted by Crippen LogP contribution is -2.12. The maximum absolute atomic E-state index is 12.6. The molecule has 0 aliphatic heterocycles. The van der Waals surface area contributed by atoms with E-state index in [2.05, 4.69) is 39.8 Å². The Labute approximate surface area is 190 Å². The second-order valence-corrected chi connectivity index (χ2v) is 8.00. The Kier molecular flexibility index (Phi) is 6.03. The van der Waals surface area contributed by atoms with Crippen LogP contribution < -0.4 is 5.32 Å². The first-order chi connectivity index (χ1) is 15.8. The summed E-state index contributed by atoms with van der Waals surface area (Å²) >= 11 is 0. The van der Waals surface area contributed by atoms with Gasteiger partial charge in [0.1, 0.15) is 11.4 Å². The van der Waals surface area contributed by atoms with E-state index in [1.165, 1.54) is 5.56 Å². The summed E-state index contributed by atoms with van der Waals surface area (Å²) in [6.07, 6.45) is 3.41. The summed E-state index contributed by atoms with van der Waals surface area (Å²) in [5.41, 5.74) is 5.26.